The van der Waals surface area contributed by atoms with Gasteiger partial charge in [-0.2, -0.15) is 5.10 Å². The van der Waals surface area contributed by atoms with Crippen LogP contribution in [0, 0.1) is 5.82 Å². The van der Waals surface area contributed by atoms with Crippen LogP contribution in [0.2, 0.25) is 0 Å². The smallest absolute Gasteiger partial charge is 0.271 e. The van der Waals surface area contributed by atoms with Gasteiger partial charge in [-0.05, 0) is 61.0 Å². The number of nitrogens with one attached hydrogen (secondary N) is 1. The van der Waals surface area contributed by atoms with Crippen LogP contribution in [0.1, 0.15) is 28.4 Å². The van der Waals surface area contributed by atoms with Crippen molar-refractivity contribution in [3.63, 3.8) is 0 Å². The Balaban J connectivity index is 1.66. The SMILES string of the molecule is CCOc1cc(/C=N\NC(=O)c2ccc(O)cc2)ccc1OCc1ccccc1F. The first-order chi connectivity index (χ1) is 14.6. The van der Waals surface area contributed by atoms with Crippen molar-refractivity contribution in [1.29, 1.82) is 0 Å². The van der Waals surface area contributed by atoms with E-state index in [4.69, 9.17) is 9.47 Å². The van der Waals surface area contributed by atoms with Crippen LogP contribution in [-0.4, -0.2) is 23.8 Å². The van der Waals surface area contributed by atoms with Gasteiger partial charge in [0.05, 0.1) is 12.8 Å². The van der Waals surface area contributed by atoms with Gasteiger partial charge in [0.2, 0.25) is 0 Å². The van der Waals surface area contributed by atoms with Crippen LogP contribution in [0.4, 0.5) is 4.39 Å². The predicted molar refractivity (Wildman–Crippen MR) is 112 cm³/mol. The van der Waals surface area contributed by atoms with Crippen LogP contribution in [-0.2, 0) is 6.61 Å². The van der Waals surface area contributed by atoms with Crippen molar-refractivity contribution in [3.05, 3.63) is 89.2 Å². The van der Waals surface area contributed by atoms with Gasteiger partial charge in [0.1, 0.15) is 18.2 Å². The number of carbonyl (C=O) groups excluding carboxylic acids is 1. The number of nitrogens with zero attached hydrogens (tertiary/aromatic N) is 1. The van der Waals surface area contributed by atoms with E-state index in [1.807, 2.05) is 6.92 Å². The molecular formula is C23H21FN2O4. The minimum atomic E-state index is -0.402. The molecule has 0 aliphatic heterocycles. The fourth-order valence-electron chi connectivity index (χ4n) is 2.61. The molecule has 0 saturated heterocycles. The predicted octanol–water partition coefficient (Wildman–Crippen LogP) is 4.27. The maximum Gasteiger partial charge on any atom is 0.271 e. The van der Waals surface area contributed by atoms with E-state index in [0.717, 1.165) is 0 Å². The third-order valence-corrected chi connectivity index (χ3v) is 4.12. The first kappa shape index (κ1) is 20.9. The maximum absolute atomic E-state index is 13.8. The van der Waals surface area contributed by atoms with Gasteiger partial charge < -0.3 is 14.6 Å². The molecule has 0 heterocycles. The Kier molecular flexibility index (Phi) is 7.00. The minimum Gasteiger partial charge on any atom is -0.508 e. The quantitative estimate of drug-likeness (QED) is 0.431. The van der Waals surface area contributed by atoms with Crippen LogP contribution in [0.25, 0.3) is 0 Å². The highest BCUT2D eigenvalue weighted by atomic mass is 19.1. The van der Waals surface area contributed by atoms with E-state index in [-0.39, 0.29) is 18.2 Å². The van der Waals surface area contributed by atoms with E-state index in [9.17, 15) is 14.3 Å². The number of benzene rings is 3. The second-order valence-electron chi connectivity index (χ2n) is 6.27. The standard InChI is InChI=1S/C23H21FN2O4/c1-2-29-22-13-16(14-25-26-23(28)17-8-10-19(27)11-9-17)7-12-21(22)30-15-18-5-3-4-6-20(18)24/h3-14,27H,2,15H2,1H3,(H,26,28)/b25-14-. The van der Waals surface area contributed by atoms with Gasteiger partial charge in [-0.1, -0.05) is 18.2 Å². The average Bonchev–Trinajstić information content (AvgIpc) is 2.75. The van der Waals surface area contributed by atoms with Crippen molar-refractivity contribution in [2.24, 2.45) is 5.10 Å². The number of hydrogen-bond acceptors (Lipinski definition) is 5. The lowest BCUT2D eigenvalue weighted by Gasteiger charge is -2.13. The van der Waals surface area contributed by atoms with Gasteiger partial charge in [0.15, 0.2) is 11.5 Å². The minimum absolute atomic E-state index is 0.0723. The summed E-state index contributed by atoms with van der Waals surface area (Å²) in [5.41, 5.74) is 3.92. The number of halogens is 1. The number of rotatable bonds is 8. The Labute approximate surface area is 173 Å². The average molecular weight is 408 g/mol. The number of carbonyl (C=O) groups is 1. The van der Waals surface area contributed by atoms with Crippen molar-refractivity contribution in [1.82, 2.24) is 5.43 Å². The number of hydrogen-bond donors (Lipinski definition) is 2. The third kappa shape index (κ3) is 5.57. The van der Waals surface area contributed by atoms with Crippen molar-refractivity contribution in [2.75, 3.05) is 6.61 Å². The zero-order valence-electron chi connectivity index (χ0n) is 16.3. The lowest BCUT2D eigenvalue weighted by atomic mass is 10.2. The summed E-state index contributed by atoms with van der Waals surface area (Å²) in [7, 11) is 0. The molecule has 0 aliphatic carbocycles. The second kappa shape index (κ2) is 10.1. The first-order valence-electron chi connectivity index (χ1n) is 9.32. The second-order valence-corrected chi connectivity index (χ2v) is 6.27. The van der Waals surface area contributed by atoms with Crippen LogP contribution in [0.5, 0.6) is 17.2 Å². The molecule has 0 saturated carbocycles. The Morgan fingerprint density at radius 1 is 1.07 bits per heavy atom. The van der Waals surface area contributed by atoms with Gasteiger partial charge in [0, 0.05) is 11.1 Å². The van der Waals surface area contributed by atoms with Crippen molar-refractivity contribution in [3.8, 4) is 17.2 Å². The molecular weight excluding hydrogens is 387 g/mol. The molecule has 0 atom stereocenters. The fraction of sp³-hybridized carbons (Fsp3) is 0.130. The highest BCUT2D eigenvalue weighted by Crippen LogP contribution is 2.29. The highest BCUT2D eigenvalue weighted by molar-refractivity contribution is 5.95. The molecule has 0 radical (unpaired) electrons. The van der Waals surface area contributed by atoms with E-state index in [2.05, 4.69) is 10.5 Å². The molecule has 1 amide bonds. The summed E-state index contributed by atoms with van der Waals surface area (Å²) in [5, 5.41) is 13.2. The van der Waals surface area contributed by atoms with Crippen molar-refractivity contribution in [2.45, 2.75) is 13.5 Å². The Hall–Kier alpha value is -3.87. The van der Waals surface area contributed by atoms with Crippen LogP contribution in [0.3, 0.4) is 0 Å². The van der Waals surface area contributed by atoms with Gasteiger partial charge in [-0.3, -0.25) is 4.79 Å². The summed E-state index contributed by atoms with van der Waals surface area (Å²) < 4.78 is 25.1. The van der Waals surface area contributed by atoms with E-state index in [1.165, 1.54) is 36.5 Å². The maximum atomic E-state index is 13.8. The van der Waals surface area contributed by atoms with E-state index < -0.39 is 5.91 Å². The number of amides is 1. The lowest BCUT2D eigenvalue weighted by molar-refractivity contribution is 0.0955. The van der Waals surface area contributed by atoms with Crippen molar-refractivity contribution < 1.29 is 23.8 Å². The topological polar surface area (TPSA) is 80.2 Å². The molecule has 3 aromatic rings. The molecule has 6 nitrogen and oxygen atoms in total. The summed E-state index contributed by atoms with van der Waals surface area (Å²) >= 11 is 0. The van der Waals surface area contributed by atoms with E-state index in [1.54, 1.807) is 36.4 Å². The van der Waals surface area contributed by atoms with Gasteiger partial charge in [-0.25, -0.2) is 9.82 Å². The molecule has 2 N–H and O–H groups in total. The molecule has 0 bridgehead atoms. The monoisotopic (exact) mass is 408 g/mol. The number of phenols is 1. The highest BCUT2D eigenvalue weighted by Gasteiger charge is 2.09. The molecule has 7 heteroatoms. The molecule has 0 aromatic heterocycles. The molecule has 0 aliphatic rings. The summed E-state index contributed by atoms with van der Waals surface area (Å²) in [4.78, 5) is 12.0. The lowest BCUT2D eigenvalue weighted by Crippen LogP contribution is -2.17. The summed E-state index contributed by atoms with van der Waals surface area (Å²) in [5.74, 6) is 0.313. The number of aromatic hydroxyl groups is 1. The molecule has 3 rings (SSSR count). The fourth-order valence-corrected chi connectivity index (χ4v) is 2.61. The largest absolute Gasteiger partial charge is 0.508 e. The number of hydrazone groups is 1. The Morgan fingerprint density at radius 3 is 2.57 bits per heavy atom. The van der Waals surface area contributed by atoms with Crippen molar-refractivity contribution >= 4 is 12.1 Å². The van der Waals surface area contributed by atoms with E-state index >= 15 is 0 Å². The van der Waals surface area contributed by atoms with Gasteiger partial charge in [0.25, 0.3) is 5.91 Å². The van der Waals surface area contributed by atoms with Gasteiger partial charge >= 0.3 is 0 Å². The normalized spacial score (nSPS) is 10.7. The first-order valence-corrected chi connectivity index (χ1v) is 9.32. The number of phenolic OH excluding ortho intramolecular Hbond substituents is 1. The van der Waals surface area contributed by atoms with Crippen LogP contribution in [0.15, 0.2) is 71.8 Å². The summed E-state index contributed by atoms with van der Waals surface area (Å²) in [6, 6.07) is 17.4. The van der Waals surface area contributed by atoms with E-state index in [0.29, 0.717) is 34.8 Å². The zero-order valence-corrected chi connectivity index (χ0v) is 16.3. The molecule has 0 fully saturated rings. The molecule has 154 valence electrons. The Morgan fingerprint density at radius 2 is 1.83 bits per heavy atom. The molecule has 30 heavy (non-hydrogen) atoms. The third-order valence-electron chi connectivity index (χ3n) is 4.12. The molecule has 0 unspecified atom stereocenters. The molecule has 0 spiro atoms. The van der Waals surface area contributed by atoms with Crippen LogP contribution < -0.4 is 14.9 Å². The van der Waals surface area contributed by atoms with Crippen LogP contribution >= 0.6 is 0 Å². The van der Waals surface area contributed by atoms with Gasteiger partial charge in [-0.15, -0.1) is 0 Å². The summed E-state index contributed by atoms with van der Waals surface area (Å²) in [6.07, 6.45) is 1.47. The number of ether oxygens (including phenoxy) is 2. The molecule has 3 aromatic carbocycles. The summed E-state index contributed by atoms with van der Waals surface area (Å²) in [6.45, 7) is 2.34. The zero-order chi connectivity index (χ0) is 21.3. The Bertz CT molecular complexity index is 1040.